The maximum atomic E-state index is 12.5. The Hall–Kier alpha value is -2.10. The number of benzene rings is 1. The number of likely N-dealkylation sites (tertiary alicyclic amines) is 1. The highest BCUT2D eigenvalue weighted by Crippen LogP contribution is 2.26. The number of nitrogens with zero attached hydrogens (tertiary/aromatic N) is 1. The summed E-state index contributed by atoms with van der Waals surface area (Å²) in [7, 11) is 0. The molecule has 118 valence electrons. The fourth-order valence-corrected chi connectivity index (χ4v) is 2.94. The van der Waals surface area contributed by atoms with Crippen molar-refractivity contribution in [3.8, 4) is 0 Å². The molecule has 1 aromatic carbocycles. The minimum absolute atomic E-state index is 0.0203. The molecule has 0 aromatic heterocycles. The summed E-state index contributed by atoms with van der Waals surface area (Å²) in [6.45, 7) is 2.20. The van der Waals surface area contributed by atoms with Crippen molar-refractivity contribution in [1.29, 1.82) is 0 Å². The van der Waals surface area contributed by atoms with Gasteiger partial charge in [-0.05, 0) is 31.7 Å². The van der Waals surface area contributed by atoms with Gasteiger partial charge >= 0.3 is 6.09 Å². The van der Waals surface area contributed by atoms with Gasteiger partial charge in [0.25, 0.3) is 0 Å². The smallest absolute Gasteiger partial charge is 0.410 e. The third kappa shape index (κ3) is 4.20. The van der Waals surface area contributed by atoms with Gasteiger partial charge in [0.15, 0.2) is 0 Å². The molecule has 1 amide bonds. The molecule has 0 N–H and O–H groups in total. The normalized spacial score (nSPS) is 21.8. The van der Waals surface area contributed by atoms with E-state index < -0.39 is 0 Å². The highest BCUT2D eigenvalue weighted by Gasteiger charge is 2.33. The summed E-state index contributed by atoms with van der Waals surface area (Å²) in [6.07, 6.45) is 7.68. The molecular formula is C18H23NO3. The van der Waals surface area contributed by atoms with Crippen LogP contribution in [0.4, 0.5) is 4.79 Å². The van der Waals surface area contributed by atoms with Crippen molar-refractivity contribution in [2.45, 2.75) is 51.3 Å². The molecule has 0 saturated carbocycles. The summed E-state index contributed by atoms with van der Waals surface area (Å²) in [5.41, 5.74) is 0.961. The van der Waals surface area contributed by atoms with Gasteiger partial charge in [-0.2, -0.15) is 0 Å². The lowest BCUT2D eigenvalue weighted by atomic mass is 9.94. The summed E-state index contributed by atoms with van der Waals surface area (Å²) in [5, 5.41) is 0. The van der Waals surface area contributed by atoms with Crippen LogP contribution in [0.25, 0.3) is 0 Å². The van der Waals surface area contributed by atoms with Crippen molar-refractivity contribution in [2.24, 2.45) is 0 Å². The molecule has 1 aromatic rings. The van der Waals surface area contributed by atoms with Crippen LogP contribution in [0.1, 0.15) is 38.2 Å². The number of hydrogen-bond acceptors (Lipinski definition) is 3. The van der Waals surface area contributed by atoms with Crippen molar-refractivity contribution < 1.29 is 14.3 Å². The number of rotatable bonds is 5. The van der Waals surface area contributed by atoms with Gasteiger partial charge in [-0.1, -0.05) is 42.5 Å². The Morgan fingerprint density at radius 3 is 2.77 bits per heavy atom. The lowest BCUT2D eigenvalue weighted by Gasteiger charge is -2.39. The fraction of sp³-hybridized carbons (Fsp3) is 0.444. The maximum absolute atomic E-state index is 12.5. The topological polar surface area (TPSA) is 46.6 Å². The number of amides is 1. The van der Waals surface area contributed by atoms with Gasteiger partial charge in [-0.25, -0.2) is 4.79 Å². The lowest BCUT2D eigenvalue weighted by molar-refractivity contribution is -0.109. The molecule has 0 bridgehead atoms. The summed E-state index contributed by atoms with van der Waals surface area (Å²) >= 11 is 0. The number of hydrogen-bond donors (Lipinski definition) is 0. The van der Waals surface area contributed by atoms with Gasteiger partial charge in [-0.15, -0.1) is 0 Å². The van der Waals surface area contributed by atoms with Crippen molar-refractivity contribution >= 4 is 12.4 Å². The van der Waals surface area contributed by atoms with Crippen molar-refractivity contribution in [3.63, 3.8) is 0 Å². The van der Waals surface area contributed by atoms with Crippen LogP contribution in [0.2, 0.25) is 0 Å². The first-order chi connectivity index (χ1) is 10.8. The van der Waals surface area contributed by atoms with E-state index in [4.69, 9.17) is 4.74 Å². The van der Waals surface area contributed by atoms with Crippen molar-refractivity contribution in [3.05, 3.63) is 48.0 Å². The van der Waals surface area contributed by atoms with Crippen LogP contribution in [0.15, 0.2) is 42.5 Å². The second-order valence-corrected chi connectivity index (χ2v) is 5.53. The molecule has 22 heavy (non-hydrogen) atoms. The standard InChI is InChI=1S/C18H23NO3/c1-2-7-16-10-6-11-17(12-13-20)19(16)18(21)22-14-15-8-4-3-5-9-15/h2-5,7-9,13,16-17H,6,10-12,14H2,1H3/b7-2-/t16-,17-/m1/s1. The first kappa shape index (κ1) is 16.3. The van der Waals surface area contributed by atoms with Crippen LogP contribution in [0, 0.1) is 0 Å². The van der Waals surface area contributed by atoms with Gasteiger partial charge in [0.2, 0.25) is 0 Å². The third-order valence-corrected chi connectivity index (χ3v) is 3.99. The van der Waals surface area contributed by atoms with Crippen LogP contribution >= 0.6 is 0 Å². The zero-order chi connectivity index (χ0) is 15.8. The average molecular weight is 301 g/mol. The predicted molar refractivity (Wildman–Crippen MR) is 85.4 cm³/mol. The Kier molecular flexibility index (Phi) is 6.19. The largest absolute Gasteiger partial charge is 0.445 e. The van der Waals surface area contributed by atoms with Gasteiger partial charge in [0, 0.05) is 12.5 Å². The van der Waals surface area contributed by atoms with E-state index in [1.165, 1.54) is 0 Å². The van der Waals surface area contributed by atoms with Crippen LogP contribution in [-0.4, -0.2) is 29.4 Å². The molecule has 1 aliphatic rings. The minimum atomic E-state index is -0.335. The molecular weight excluding hydrogens is 278 g/mol. The first-order valence-corrected chi connectivity index (χ1v) is 7.81. The highest BCUT2D eigenvalue weighted by molar-refractivity contribution is 5.70. The molecule has 1 aliphatic heterocycles. The SMILES string of the molecule is C/C=C\[C@@H]1CCC[C@H](CC=O)N1C(=O)OCc1ccccc1. The van der Waals surface area contributed by atoms with Crippen LogP contribution < -0.4 is 0 Å². The van der Waals surface area contributed by atoms with E-state index in [0.717, 1.165) is 31.1 Å². The Morgan fingerprint density at radius 1 is 1.32 bits per heavy atom. The quantitative estimate of drug-likeness (QED) is 0.615. The highest BCUT2D eigenvalue weighted by atomic mass is 16.6. The molecule has 0 aliphatic carbocycles. The Bertz CT molecular complexity index is 512. The maximum Gasteiger partial charge on any atom is 0.410 e. The molecule has 4 heteroatoms. The Balaban J connectivity index is 2.05. The van der Waals surface area contributed by atoms with E-state index in [1.54, 1.807) is 4.90 Å². The number of carbonyl (C=O) groups excluding carboxylic acids is 2. The molecule has 2 atom stereocenters. The zero-order valence-electron chi connectivity index (χ0n) is 13.0. The van der Waals surface area contributed by atoms with Gasteiger partial charge in [0.05, 0.1) is 6.04 Å². The number of allylic oxidation sites excluding steroid dienone is 1. The van der Waals surface area contributed by atoms with Crippen LogP contribution in [0.3, 0.4) is 0 Å². The summed E-state index contributed by atoms with van der Waals surface area (Å²) in [4.78, 5) is 25.1. The predicted octanol–water partition coefficient (Wildman–Crippen LogP) is 3.71. The van der Waals surface area contributed by atoms with Crippen molar-refractivity contribution in [1.82, 2.24) is 4.90 Å². The van der Waals surface area contributed by atoms with E-state index in [2.05, 4.69) is 0 Å². The van der Waals surface area contributed by atoms with E-state index >= 15 is 0 Å². The molecule has 0 radical (unpaired) electrons. The molecule has 2 rings (SSSR count). The molecule has 0 spiro atoms. The van der Waals surface area contributed by atoms with Crippen molar-refractivity contribution in [2.75, 3.05) is 0 Å². The van der Waals surface area contributed by atoms with E-state index in [1.807, 2.05) is 49.4 Å². The molecule has 0 unspecified atom stereocenters. The van der Waals surface area contributed by atoms with E-state index in [9.17, 15) is 9.59 Å². The Morgan fingerprint density at radius 2 is 2.09 bits per heavy atom. The van der Waals surface area contributed by atoms with Crippen LogP contribution in [-0.2, 0) is 16.1 Å². The molecule has 1 heterocycles. The Labute approximate surface area is 131 Å². The molecule has 4 nitrogen and oxygen atoms in total. The monoisotopic (exact) mass is 301 g/mol. The number of ether oxygens (including phenoxy) is 1. The number of piperidine rings is 1. The second kappa shape index (κ2) is 8.37. The van der Waals surface area contributed by atoms with E-state index in [-0.39, 0.29) is 24.8 Å². The van der Waals surface area contributed by atoms with Gasteiger partial charge in [0.1, 0.15) is 12.9 Å². The minimum Gasteiger partial charge on any atom is -0.445 e. The molecule has 1 saturated heterocycles. The molecule has 1 fully saturated rings. The lowest BCUT2D eigenvalue weighted by Crippen LogP contribution is -2.49. The summed E-state index contributed by atoms with van der Waals surface area (Å²) in [6, 6.07) is 9.58. The fourth-order valence-electron chi connectivity index (χ4n) is 2.94. The van der Waals surface area contributed by atoms with Gasteiger partial charge < -0.3 is 9.53 Å². The first-order valence-electron chi connectivity index (χ1n) is 7.81. The van der Waals surface area contributed by atoms with Crippen LogP contribution in [0.5, 0.6) is 0 Å². The summed E-state index contributed by atoms with van der Waals surface area (Å²) < 4.78 is 5.46. The summed E-state index contributed by atoms with van der Waals surface area (Å²) in [5.74, 6) is 0. The van der Waals surface area contributed by atoms with Gasteiger partial charge in [-0.3, -0.25) is 4.90 Å². The zero-order valence-corrected chi connectivity index (χ0v) is 13.0. The number of aldehydes is 1. The second-order valence-electron chi connectivity index (χ2n) is 5.53. The van der Waals surface area contributed by atoms with E-state index in [0.29, 0.717) is 6.42 Å². The average Bonchev–Trinajstić information content (AvgIpc) is 2.54. The number of carbonyl (C=O) groups is 2. The third-order valence-electron chi connectivity index (χ3n) is 3.99.